The molecule has 0 amide bonds. The molecule has 2 aromatic heterocycles. The fourth-order valence-corrected chi connectivity index (χ4v) is 2.78. The third-order valence-corrected chi connectivity index (χ3v) is 3.76. The molecule has 0 N–H and O–H groups in total. The van der Waals surface area contributed by atoms with Gasteiger partial charge in [0.2, 0.25) is 5.95 Å². The van der Waals surface area contributed by atoms with E-state index >= 15 is 0 Å². The standard InChI is InChI=1S/C15H19FN4O/c1-11-8-19(9-13-10-21-12(2)17-13)6-7-20(11)15-5-3-4-14(16)18-15/h3-5,10-11H,6-9H2,1-2H3. The molecular weight excluding hydrogens is 271 g/mol. The molecule has 1 unspecified atom stereocenters. The predicted molar refractivity (Wildman–Crippen MR) is 77.5 cm³/mol. The van der Waals surface area contributed by atoms with Crippen molar-refractivity contribution in [2.45, 2.75) is 26.4 Å². The number of halogens is 1. The molecule has 1 atom stereocenters. The lowest BCUT2D eigenvalue weighted by Gasteiger charge is -2.40. The van der Waals surface area contributed by atoms with Gasteiger partial charge in [-0.3, -0.25) is 4.90 Å². The average molecular weight is 290 g/mol. The number of pyridine rings is 1. The molecule has 6 heteroatoms. The van der Waals surface area contributed by atoms with Gasteiger partial charge in [0.05, 0.1) is 5.69 Å². The van der Waals surface area contributed by atoms with Gasteiger partial charge < -0.3 is 9.32 Å². The first-order valence-electron chi connectivity index (χ1n) is 7.14. The normalized spacial score (nSPS) is 20.0. The zero-order valence-electron chi connectivity index (χ0n) is 12.3. The lowest BCUT2D eigenvalue weighted by Crippen LogP contribution is -2.52. The Bertz CT molecular complexity index is 615. The minimum atomic E-state index is -0.430. The lowest BCUT2D eigenvalue weighted by atomic mass is 10.2. The van der Waals surface area contributed by atoms with Crippen LogP contribution in [0.5, 0.6) is 0 Å². The molecule has 1 aliphatic heterocycles. The molecule has 0 bridgehead atoms. The fourth-order valence-electron chi connectivity index (χ4n) is 2.78. The van der Waals surface area contributed by atoms with Crippen LogP contribution in [0.4, 0.5) is 10.2 Å². The summed E-state index contributed by atoms with van der Waals surface area (Å²) in [7, 11) is 0. The van der Waals surface area contributed by atoms with E-state index in [2.05, 4.69) is 26.7 Å². The van der Waals surface area contributed by atoms with Crippen LogP contribution in [0.2, 0.25) is 0 Å². The summed E-state index contributed by atoms with van der Waals surface area (Å²) in [5.41, 5.74) is 0.956. The number of aromatic nitrogens is 2. The maximum absolute atomic E-state index is 13.2. The minimum absolute atomic E-state index is 0.279. The molecule has 1 saturated heterocycles. The zero-order valence-corrected chi connectivity index (χ0v) is 12.3. The van der Waals surface area contributed by atoms with E-state index in [-0.39, 0.29) is 6.04 Å². The van der Waals surface area contributed by atoms with E-state index in [0.29, 0.717) is 11.7 Å². The van der Waals surface area contributed by atoms with Crippen molar-refractivity contribution in [1.29, 1.82) is 0 Å². The van der Waals surface area contributed by atoms with Crippen LogP contribution >= 0.6 is 0 Å². The second-order valence-corrected chi connectivity index (χ2v) is 5.45. The van der Waals surface area contributed by atoms with Crippen molar-refractivity contribution in [2.24, 2.45) is 0 Å². The summed E-state index contributed by atoms with van der Waals surface area (Å²) in [6, 6.07) is 5.21. The topological polar surface area (TPSA) is 45.4 Å². The van der Waals surface area contributed by atoms with E-state index in [1.165, 1.54) is 6.07 Å². The number of oxazole rings is 1. The summed E-state index contributed by atoms with van der Waals surface area (Å²) in [4.78, 5) is 12.8. The molecule has 1 fully saturated rings. The van der Waals surface area contributed by atoms with Gasteiger partial charge in [-0.05, 0) is 19.1 Å². The van der Waals surface area contributed by atoms with Crippen LogP contribution in [-0.4, -0.2) is 40.5 Å². The van der Waals surface area contributed by atoms with Crippen molar-refractivity contribution in [3.63, 3.8) is 0 Å². The molecule has 0 saturated carbocycles. The monoisotopic (exact) mass is 290 g/mol. The minimum Gasteiger partial charge on any atom is -0.449 e. The third kappa shape index (κ3) is 3.21. The molecule has 1 aliphatic rings. The molecule has 5 nitrogen and oxygen atoms in total. The quantitative estimate of drug-likeness (QED) is 0.811. The van der Waals surface area contributed by atoms with Crippen molar-refractivity contribution in [3.05, 3.63) is 42.0 Å². The van der Waals surface area contributed by atoms with Crippen LogP contribution in [0.25, 0.3) is 0 Å². The van der Waals surface area contributed by atoms with Crippen LogP contribution in [0.1, 0.15) is 18.5 Å². The Labute approximate surface area is 123 Å². The van der Waals surface area contributed by atoms with Crippen LogP contribution < -0.4 is 4.90 Å². The first kappa shape index (κ1) is 14.0. The molecule has 0 aliphatic carbocycles. The van der Waals surface area contributed by atoms with Gasteiger partial charge in [-0.1, -0.05) is 6.07 Å². The maximum Gasteiger partial charge on any atom is 0.214 e. The number of aryl methyl sites for hydroxylation is 1. The number of anilines is 1. The predicted octanol–water partition coefficient (Wildman–Crippen LogP) is 2.23. The van der Waals surface area contributed by atoms with Gasteiger partial charge in [0.25, 0.3) is 0 Å². The first-order chi connectivity index (χ1) is 10.1. The van der Waals surface area contributed by atoms with Gasteiger partial charge in [0.15, 0.2) is 5.89 Å². The molecule has 2 aromatic rings. The zero-order chi connectivity index (χ0) is 14.8. The Hall–Kier alpha value is -1.95. The summed E-state index contributed by atoms with van der Waals surface area (Å²) in [5, 5.41) is 0. The second kappa shape index (κ2) is 5.81. The third-order valence-electron chi connectivity index (χ3n) is 3.76. The van der Waals surface area contributed by atoms with Gasteiger partial charge in [0, 0.05) is 39.1 Å². The van der Waals surface area contributed by atoms with E-state index in [0.717, 1.165) is 31.9 Å². The maximum atomic E-state index is 13.2. The smallest absolute Gasteiger partial charge is 0.214 e. The number of nitrogens with zero attached hydrogens (tertiary/aromatic N) is 4. The van der Waals surface area contributed by atoms with Gasteiger partial charge in [-0.15, -0.1) is 0 Å². The highest BCUT2D eigenvalue weighted by molar-refractivity contribution is 5.40. The Morgan fingerprint density at radius 1 is 1.33 bits per heavy atom. The van der Waals surface area contributed by atoms with Crippen molar-refractivity contribution < 1.29 is 8.81 Å². The van der Waals surface area contributed by atoms with Crippen molar-refractivity contribution in [2.75, 3.05) is 24.5 Å². The van der Waals surface area contributed by atoms with E-state index in [9.17, 15) is 4.39 Å². The molecule has 21 heavy (non-hydrogen) atoms. The Kier molecular flexibility index (Phi) is 3.88. The van der Waals surface area contributed by atoms with Gasteiger partial charge in [-0.25, -0.2) is 9.97 Å². The van der Waals surface area contributed by atoms with Crippen LogP contribution in [0.3, 0.4) is 0 Å². The summed E-state index contributed by atoms with van der Waals surface area (Å²) in [6.45, 7) is 7.38. The molecule has 0 radical (unpaired) electrons. The second-order valence-electron chi connectivity index (χ2n) is 5.45. The van der Waals surface area contributed by atoms with Crippen LogP contribution in [0, 0.1) is 12.9 Å². The lowest BCUT2D eigenvalue weighted by molar-refractivity contribution is 0.217. The van der Waals surface area contributed by atoms with Crippen molar-refractivity contribution in [1.82, 2.24) is 14.9 Å². The Balaban J connectivity index is 1.64. The van der Waals surface area contributed by atoms with Crippen LogP contribution in [-0.2, 0) is 6.54 Å². The van der Waals surface area contributed by atoms with Gasteiger partial charge in [-0.2, -0.15) is 4.39 Å². The summed E-state index contributed by atoms with van der Waals surface area (Å²) >= 11 is 0. The van der Waals surface area contributed by atoms with E-state index in [4.69, 9.17) is 4.42 Å². The van der Waals surface area contributed by atoms with Gasteiger partial charge >= 0.3 is 0 Å². The molecule has 0 aromatic carbocycles. The van der Waals surface area contributed by atoms with E-state index < -0.39 is 5.95 Å². The number of hydrogen-bond acceptors (Lipinski definition) is 5. The summed E-state index contributed by atoms with van der Waals surface area (Å²) in [6.07, 6.45) is 1.71. The first-order valence-corrected chi connectivity index (χ1v) is 7.14. The summed E-state index contributed by atoms with van der Waals surface area (Å²) in [5.74, 6) is 0.972. The SMILES string of the molecule is Cc1nc(CN2CCN(c3cccc(F)n3)C(C)C2)co1. The molecule has 0 spiro atoms. The Morgan fingerprint density at radius 3 is 2.86 bits per heavy atom. The van der Waals surface area contributed by atoms with Crippen LogP contribution in [0.15, 0.2) is 28.9 Å². The number of rotatable bonds is 3. The molecule has 3 rings (SSSR count). The van der Waals surface area contributed by atoms with Crippen molar-refractivity contribution in [3.8, 4) is 0 Å². The van der Waals surface area contributed by atoms with E-state index in [1.54, 1.807) is 12.3 Å². The Morgan fingerprint density at radius 2 is 2.19 bits per heavy atom. The van der Waals surface area contributed by atoms with Crippen molar-refractivity contribution >= 4 is 5.82 Å². The highest BCUT2D eigenvalue weighted by Crippen LogP contribution is 2.19. The van der Waals surface area contributed by atoms with E-state index in [1.807, 2.05) is 13.0 Å². The average Bonchev–Trinajstić information content (AvgIpc) is 2.84. The molecular formula is C15H19FN4O. The fraction of sp³-hybridized carbons (Fsp3) is 0.467. The summed E-state index contributed by atoms with van der Waals surface area (Å²) < 4.78 is 18.5. The van der Waals surface area contributed by atoms with Gasteiger partial charge in [0.1, 0.15) is 12.1 Å². The number of hydrogen-bond donors (Lipinski definition) is 0. The largest absolute Gasteiger partial charge is 0.449 e. The highest BCUT2D eigenvalue weighted by atomic mass is 19.1. The molecule has 3 heterocycles. The number of piperazine rings is 1. The highest BCUT2D eigenvalue weighted by Gasteiger charge is 2.25. The molecule has 112 valence electrons.